The Morgan fingerprint density at radius 3 is 2.93 bits per heavy atom. The van der Waals surface area contributed by atoms with E-state index in [-0.39, 0.29) is 6.04 Å². The average Bonchev–Trinajstić information content (AvgIpc) is 2.63. The molecule has 3 heteroatoms. The molecule has 15 heavy (non-hydrogen) atoms. The fraction of sp³-hybridized carbons (Fsp3) is 0.417. The molecule has 1 aromatic carbocycles. The molecule has 1 atom stereocenters. The van der Waals surface area contributed by atoms with E-state index in [2.05, 4.69) is 54.3 Å². The summed E-state index contributed by atoms with van der Waals surface area (Å²) in [7, 11) is 0. The summed E-state index contributed by atoms with van der Waals surface area (Å²) in [4.78, 5) is 7.96. The zero-order chi connectivity index (χ0) is 10.8. The van der Waals surface area contributed by atoms with Crippen molar-refractivity contribution in [1.29, 1.82) is 0 Å². The van der Waals surface area contributed by atoms with Gasteiger partial charge in [0.1, 0.15) is 5.82 Å². The largest absolute Gasteiger partial charge is 0.341 e. The van der Waals surface area contributed by atoms with E-state index in [1.165, 1.54) is 5.56 Å². The molecular weight excluding hydrogens is 186 g/mol. The van der Waals surface area contributed by atoms with E-state index in [9.17, 15) is 0 Å². The average molecular weight is 203 g/mol. The molecule has 0 radical (unpaired) electrons. The standard InChI is InChI=1S/C12H17N3/c1-4-13-9(3)12-14-10-7-5-6-8(2)11(10)15-12/h5-7,9,13H,4H2,1-3H3,(H,14,15). The Labute approximate surface area is 89.9 Å². The molecule has 0 bridgehead atoms. The first-order valence-corrected chi connectivity index (χ1v) is 5.41. The normalized spacial score (nSPS) is 13.3. The highest BCUT2D eigenvalue weighted by Crippen LogP contribution is 2.18. The zero-order valence-corrected chi connectivity index (χ0v) is 9.46. The van der Waals surface area contributed by atoms with Crippen LogP contribution in [-0.2, 0) is 0 Å². The summed E-state index contributed by atoms with van der Waals surface area (Å²) >= 11 is 0. The molecule has 1 aromatic heterocycles. The first kappa shape index (κ1) is 10.2. The van der Waals surface area contributed by atoms with E-state index in [0.29, 0.717) is 0 Å². The van der Waals surface area contributed by atoms with E-state index in [1.807, 2.05) is 0 Å². The number of hydrogen-bond acceptors (Lipinski definition) is 2. The molecule has 0 saturated heterocycles. The number of rotatable bonds is 3. The van der Waals surface area contributed by atoms with Crippen molar-refractivity contribution in [2.75, 3.05) is 6.54 Å². The number of aromatic nitrogens is 2. The molecule has 1 heterocycles. The molecular formula is C12H17N3. The van der Waals surface area contributed by atoms with Gasteiger partial charge in [-0.05, 0) is 32.0 Å². The number of imidazole rings is 1. The van der Waals surface area contributed by atoms with Crippen molar-refractivity contribution in [1.82, 2.24) is 15.3 Å². The van der Waals surface area contributed by atoms with Gasteiger partial charge in [0.05, 0.1) is 17.1 Å². The van der Waals surface area contributed by atoms with Crippen LogP contribution in [0.4, 0.5) is 0 Å². The van der Waals surface area contributed by atoms with E-state index < -0.39 is 0 Å². The van der Waals surface area contributed by atoms with Gasteiger partial charge < -0.3 is 10.3 Å². The number of H-pyrrole nitrogens is 1. The summed E-state index contributed by atoms with van der Waals surface area (Å²) in [5.74, 6) is 1.01. The number of aryl methyl sites for hydroxylation is 1. The van der Waals surface area contributed by atoms with E-state index in [0.717, 1.165) is 23.4 Å². The van der Waals surface area contributed by atoms with Crippen molar-refractivity contribution in [3.8, 4) is 0 Å². The first-order chi connectivity index (χ1) is 7.22. The lowest BCUT2D eigenvalue weighted by Gasteiger charge is -2.07. The smallest absolute Gasteiger partial charge is 0.124 e. The van der Waals surface area contributed by atoms with E-state index in [4.69, 9.17) is 0 Å². The van der Waals surface area contributed by atoms with Gasteiger partial charge in [-0.25, -0.2) is 4.98 Å². The van der Waals surface area contributed by atoms with Gasteiger partial charge >= 0.3 is 0 Å². The van der Waals surface area contributed by atoms with Gasteiger partial charge in [0.25, 0.3) is 0 Å². The summed E-state index contributed by atoms with van der Waals surface area (Å²) in [6, 6.07) is 6.49. The fourth-order valence-electron chi connectivity index (χ4n) is 1.80. The molecule has 2 N–H and O–H groups in total. The van der Waals surface area contributed by atoms with Crippen LogP contribution in [0.15, 0.2) is 18.2 Å². The predicted octanol–water partition coefficient (Wildman–Crippen LogP) is 2.54. The molecule has 1 unspecified atom stereocenters. The summed E-state index contributed by atoms with van der Waals surface area (Å²) in [6.45, 7) is 7.27. The summed E-state index contributed by atoms with van der Waals surface area (Å²) in [5.41, 5.74) is 3.42. The van der Waals surface area contributed by atoms with Gasteiger partial charge in [-0.2, -0.15) is 0 Å². The number of nitrogens with one attached hydrogen (secondary N) is 2. The van der Waals surface area contributed by atoms with Gasteiger partial charge in [-0.15, -0.1) is 0 Å². The van der Waals surface area contributed by atoms with Crippen LogP contribution < -0.4 is 5.32 Å². The maximum atomic E-state index is 4.61. The monoisotopic (exact) mass is 203 g/mol. The van der Waals surface area contributed by atoms with Crippen LogP contribution in [-0.4, -0.2) is 16.5 Å². The number of benzene rings is 1. The van der Waals surface area contributed by atoms with Crippen molar-refractivity contribution in [2.45, 2.75) is 26.8 Å². The molecule has 3 nitrogen and oxygen atoms in total. The number of aromatic amines is 1. The maximum Gasteiger partial charge on any atom is 0.124 e. The quantitative estimate of drug-likeness (QED) is 0.804. The van der Waals surface area contributed by atoms with Crippen LogP contribution in [0.25, 0.3) is 11.0 Å². The zero-order valence-electron chi connectivity index (χ0n) is 9.46. The molecule has 0 aliphatic rings. The Morgan fingerprint density at radius 1 is 1.47 bits per heavy atom. The van der Waals surface area contributed by atoms with E-state index in [1.54, 1.807) is 0 Å². The Morgan fingerprint density at radius 2 is 2.27 bits per heavy atom. The Bertz CT molecular complexity index is 459. The van der Waals surface area contributed by atoms with Crippen LogP contribution in [0.2, 0.25) is 0 Å². The fourth-order valence-corrected chi connectivity index (χ4v) is 1.80. The molecule has 0 aliphatic carbocycles. The third kappa shape index (κ3) is 1.88. The minimum absolute atomic E-state index is 0.279. The first-order valence-electron chi connectivity index (χ1n) is 5.41. The van der Waals surface area contributed by atoms with Crippen LogP contribution in [0.1, 0.15) is 31.3 Å². The Kier molecular flexibility index (Phi) is 2.73. The highest BCUT2D eigenvalue weighted by molar-refractivity contribution is 5.78. The number of fused-ring (bicyclic) bond motifs is 1. The third-order valence-electron chi connectivity index (χ3n) is 2.65. The SMILES string of the molecule is CCNC(C)c1nc2c(C)cccc2[nH]1. The predicted molar refractivity (Wildman–Crippen MR) is 62.9 cm³/mol. The van der Waals surface area contributed by atoms with Crippen molar-refractivity contribution in [3.63, 3.8) is 0 Å². The molecule has 0 spiro atoms. The lowest BCUT2D eigenvalue weighted by Crippen LogP contribution is -2.18. The van der Waals surface area contributed by atoms with Gasteiger partial charge in [0, 0.05) is 0 Å². The molecule has 0 aliphatic heterocycles. The van der Waals surface area contributed by atoms with Crippen molar-refractivity contribution in [2.24, 2.45) is 0 Å². The number of nitrogens with zero attached hydrogens (tertiary/aromatic N) is 1. The Hall–Kier alpha value is -1.35. The maximum absolute atomic E-state index is 4.61. The second-order valence-electron chi connectivity index (χ2n) is 3.87. The number of para-hydroxylation sites is 1. The van der Waals surface area contributed by atoms with Crippen molar-refractivity contribution < 1.29 is 0 Å². The minimum atomic E-state index is 0.279. The van der Waals surface area contributed by atoms with E-state index >= 15 is 0 Å². The van der Waals surface area contributed by atoms with Gasteiger partial charge in [0.15, 0.2) is 0 Å². The van der Waals surface area contributed by atoms with Crippen molar-refractivity contribution >= 4 is 11.0 Å². The molecule has 2 rings (SSSR count). The third-order valence-corrected chi connectivity index (χ3v) is 2.65. The number of hydrogen-bond donors (Lipinski definition) is 2. The van der Waals surface area contributed by atoms with Crippen LogP contribution in [0, 0.1) is 6.92 Å². The molecule has 80 valence electrons. The van der Waals surface area contributed by atoms with Crippen LogP contribution >= 0.6 is 0 Å². The minimum Gasteiger partial charge on any atom is -0.341 e. The lowest BCUT2D eigenvalue weighted by molar-refractivity contribution is 0.573. The second-order valence-corrected chi connectivity index (χ2v) is 3.87. The topological polar surface area (TPSA) is 40.7 Å². The molecule has 0 saturated carbocycles. The second kappa shape index (κ2) is 4.03. The molecule has 2 aromatic rings. The Balaban J connectivity index is 2.43. The van der Waals surface area contributed by atoms with Crippen LogP contribution in [0.5, 0.6) is 0 Å². The highest BCUT2D eigenvalue weighted by Gasteiger charge is 2.09. The lowest BCUT2D eigenvalue weighted by atomic mass is 10.2. The molecule has 0 amide bonds. The van der Waals surface area contributed by atoms with Gasteiger partial charge in [0.2, 0.25) is 0 Å². The van der Waals surface area contributed by atoms with Crippen molar-refractivity contribution in [3.05, 3.63) is 29.6 Å². The summed E-state index contributed by atoms with van der Waals surface area (Å²) in [6.07, 6.45) is 0. The summed E-state index contributed by atoms with van der Waals surface area (Å²) < 4.78 is 0. The summed E-state index contributed by atoms with van der Waals surface area (Å²) in [5, 5.41) is 3.35. The van der Waals surface area contributed by atoms with Crippen LogP contribution in [0.3, 0.4) is 0 Å². The van der Waals surface area contributed by atoms with Gasteiger partial charge in [-0.3, -0.25) is 0 Å². The highest BCUT2D eigenvalue weighted by atomic mass is 15.0. The van der Waals surface area contributed by atoms with Gasteiger partial charge in [-0.1, -0.05) is 19.1 Å². The molecule has 0 fully saturated rings.